The van der Waals surface area contributed by atoms with E-state index in [1.165, 1.54) is 31.7 Å². The Morgan fingerprint density at radius 3 is 2.18 bits per heavy atom. The predicted molar refractivity (Wildman–Crippen MR) is 121 cm³/mol. The SMILES string of the molecule is CC1(C)OB(c2ccc3c(c2)S(C)(C)c2ccc4ccccc4c2-3)OC1(C)C. The van der Waals surface area contributed by atoms with Gasteiger partial charge in [-0.05, 0) is 74.1 Å². The maximum atomic E-state index is 6.31. The van der Waals surface area contributed by atoms with Crippen LogP contribution < -0.4 is 5.46 Å². The minimum atomic E-state index is -1.08. The average Bonchev–Trinajstić information content (AvgIpc) is 3.01. The summed E-state index contributed by atoms with van der Waals surface area (Å²) >= 11 is 0. The number of hydrogen-bond donors (Lipinski definition) is 0. The molecular formula is C24H27BO2S. The molecule has 0 spiro atoms. The lowest BCUT2D eigenvalue weighted by Crippen LogP contribution is -2.41. The predicted octanol–water partition coefficient (Wildman–Crippen LogP) is 5.60. The molecule has 0 atom stereocenters. The fourth-order valence-corrected chi connectivity index (χ4v) is 6.89. The molecule has 0 bridgehead atoms. The lowest BCUT2D eigenvalue weighted by Gasteiger charge is -2.32. The Balaban J connectivity index is 1.67. The second kappa shape index (κ2) is 5.66. The fourth-order valence-electron chi connectivity index (χ4n) is 4.37. The lowest BCUT2D eigenvalue weighted by molar-refractivity contribution is 0.00578. The quantitative estimate of drug-likeness (QED) is 0.504. The lowest BCUT2D eigenvalue weighted by atomic mass is 9.78. The summed E-state index contributed by atoms with van der Waals surface area (Å²) in [6, 6.07) is 20.1. The first-order valence-corrected chi connectivity index (χ1v) is 12.3. The van der Waals surface area contributed by atoms with Crippen LogP contribution in [0.15, 0.2) is 64.4 Å². The molecule has 3 aromatic carbocycles. The Bertz CT molecular complexity index is 1100. The first kappa shape index (κ1) is 18.3. The van der Waals surface area contributed by atoms with Crippen LogP contribution in [0.1, 0.15) is 27.7 Å². The van der Waals surface area contributed by atoms with Gasteiger partial charge in [0.15, 0.2) is 0 Å². The van der Waals surface area contributed by atoms with Gasteiger partial charge in [0.25, 0.3) is 0 Å². The van der Waals surface area contributed by atoms with E-state index >= 15 is 0 Å². The first-order chi connectivity index (χ1) is 13.1. The van der Waals surface area contributed by atoms with Gasteiger partial charge in [-0.3, -0.25) is 0 Å². The molecule has 5 rings (SSSR count). The monoisotopic (exact) mass is 390 g/mol. The molecule has 1 fully saturated rings. The maximum absolute atomic E-state index is 6.31. The molecule has 0 unspecified atom stereocenters. The van der Waals surface area contributed by atoms with E-state index < -0.39 is 10.0 Å². The molecule has 3 aromatic rings. The van der Waals surface area contributed by atoms with Crippen LogP contribution in [0.25, 0.3) is 21.9 Å². The molecule has 2 aliphatic heterocycles. The molecule has 0 saturated carbocycles. The largest absolute Gasteiger partial charge is 0.494 e. The Hall–Kier alpha value is -1.75. The van der Waals surface area contributed by atoms with Crippen molar-refractivity contribution in [3.63, 3.8) is 0 Å². The third-order valence-corrected chi connectivity index (χ3v) is 9.67. The summed E-state index contributed by atoms with van der Waals surface area (Å²) in [6.07, 6.45) is 4.81. The molecule has 0 amide bonds. The van der Waals surface area contributed by atoms with E-state index in [0.29, 0.717) is 0 Å². The van der Waals surface area contributed by atoms with E-state index in [9.17, 15) is 0 Å². The zero-order valence-electron chi connectivity index (χ0n) is 17.5. The zero-order valence-corrected chi connectivity index (χ0v) is 18.3. The van der Waals surface area contributed by atoms with Gasteiger partial charge in [-0.25, -0.2) is 0 Å². The van der Waals surface area contributed by atoms with Crippen LogP contribution in [0.2, 0.25) is 0 Å². The molecule has 1 saturated heterocycles. The van der Waals surface area contributed by atoms with Crippen molar-refractivity contribution < 1.29 is 9.31 Å². The van der Waals surface area contributed by atoms with Crippen molar-refractivity contribution in [2.24, 2.45) is 0 Å². The van der Waals surface area contributed by atoms with Gasteiger partial charge in [-0.2, -0.15) is 10.0 Å². The van der Waals surface area contributed by atoms with Gasteiger partial charge in [0.1, 0.15) is 0 Å². The van der Waals surface area contributed by atoms with Crippen molar-refractivity contribution in [1.82, 2.24) is 0 Å². The van der Waals surface area contributed by atoms with Crippen LogP contribution in [-0.2, 0) is 9.31 Å². The van der Waals surface area contributed by atoms with Crippen LogP contribution in [0.5, 0.6) is 0 Å². The molecule has 28 heavy (non-hydrogen) atoms. The fraction of sp³-hybridized carbons (Fsp3) is 0.333. The highest BCUT2D eigenvalue weighted by molar-refractivity contribution is 8.33. The normalized spacial score (nSPS) is 22.1. The minimum Gasteiger partial charge on any atom is -0.399 e. The van der Waals surface area contributed by atoms with Gasteiger partial charge < -0.3 is 9.31 Å². The van der Waals surface area contributed by atoms with Crippen molar-refractivity contribution >= 4 is 33.4 Å². The molecule has 0 N–H and O–H groups in total. The summed E-state index contributed by atoms with van der Waals surface area (Å²) in [4.78, 5) is 2.92. The second-order valence-corrected chi connectivity index (χ2v) is 12.9. The zero-order chi connectivity index (χ0) is 19.9. The summed E-state index contributed by atoms with van der Waals surface area (Å²) < 4.78 is 12.6. The molecule has 0 radical (unpaired) electrons. The van der Waals surface area contributed by atoms with Gasteiger partial charge in [-0.15, -0.1) is 0 Å². The van der Waals surface area contributed by atoms with Gasteiger partial charge >= 0.3 is 7.12 Å². The number of benzene rings is 3. The Kier molecular flexibility index (Phi) is 3.70. The molecule has 144 valence electrons. The van der Waals surface area contributed by atoms with E-state index in [2.05, 4.69) is 94.8 Å². The van der Waals surface area contributed by atoms with E-state index in [0.717, 1.165) is 5.46 Å². The number of rotatable bonds is 1. The van der Waals surface area contributed by atoms with Crippen molar-refractivity contribution in [1.29, 1.82) is 0 Å². The van der Waals surface area contributed by atoms with Crippen LogP contribution in [0, 0.1) is 0 Å². The summed E-state index contributed by atoms with van der Waals surface area (Å²) in [5, 5.41) is 2.65. The first-order valence-electron chi connectivity index (χ1n) is 9.87. The smallest absolute Gasteiger partial charge is 0.399 e. The van der Waals surface area contributed by atoms with Crippen LogP contribution >= 0.6 is 10.0 Å². The van der Waals surface area contributed by atoms with Crippen LogP contribution in [0.4, 0.5) is 0 Å². The number of fused-ring (bicyclic) bond motifs is 5. The van der Waals surface area contributed by atoms with E-state index in [-0.39, 0.29) is 18.3 Å². The van der Waals surface area contributed by atoms with Gasteiger partial charge in [0, 0.05) is 15.4 Å². The third-order valence-electron chi connectivity index (χ3n) is 6.79. The van der Waals surface area contributed by atoms with Gasteiger partial charge in [0.2, 0.25) is 0 Å². The Morgan fingerprint density at radius 2 is 1.46 bits per heavy atom. The average molecular weight is 390 g/mol. The van der Waals surface area contributed by atoms with Crippen molar-refractivity contribution in [2.75, 3.05) is 12.5 Å². The van der Waals surface area contributed by atoms with E-state index in [4.69, 9.17) is 9.31 Å². The maximum Gasteiger partial charge on any atom is 0.494 e. The Labute approximate surface area is 169 Å². The van der Waals surface area contributed by atoms with Crippen molar-refractivity contribution in [3.8, 4) is 11.1 Å². The van der Waals surface area contributed by atoms with Gasteiger partial charge in [-0.1, -0.05) is 42.5 Å². The summed E-state index contributed by atoms with van der Waals surface area (Å²) in [5.74, 6) is 0. The molecular weight excluding hydrogens is 363 g/mol. The highest BCUT2D eigenvalue weighted by Gasteiger charge is 2.52. The highest BCUT2D eigenvalue weighted by atomic mass is 32.3. The third kappa shape index (κ3) is 2.38. The Morgan fingerprint density at radius 1 is 0.786 bits per heavy atom. The molecule has 2 aliphatic rings. The summed E-state index contributed by atoms with van der Waals surface area (Å²) in [7, 11) is -1.39. The number of hydrogen-bond acceptors (Lipinski definition) is 2. The molecule has 0 aliphatic carbocycles. The highest BCUT2D eigenvalue weighted by Crippen LogP contribution is 2.68. The van der Waals surface area contributed by atoms with E-state index in [1.807, 2.05) is 0 Å². The summed E-state index contributed by atoms with van der Waals surface area (Å²) in [6.45, 7) is 8.43. The molecule has 4 heteroatoms. The molecule has 2 nitrogen and oxygen atoms in total. The van der Waals surface area contributed by atoms with Gasteiger partial charge in [0.05, 0.1) is 11.2 Å². The van der Waals surface area contributed by atoms with Crippen molar-refractivity contribution in [3.05, 3.63) is 54.6 Å². The van der Waals surface area contributed by atoms with E-state index in [1.54, 1.807) is 0 Å². The van der Waals surface area contributed by atoms with Crippen LogP contribution in [-0.4, -0.2) is 30.8 Å². The molecule has 2 heterocycles. The summed E-state index contributed by atoms with van der Waals surface area (Å²) in [5.41, 5.74) is 3.26. The second-order valence-electron chi connectivity index (χ2n) is 9.33. The standard InChI is InChI=1S/C24H27BO2S/c1-23(2)24(3,4)27-25(26-23)17-12-13-19-21(15-17)28(5,6)20-14-11-16-9-7-8-10-18(16)22(19)20/h7-15H,1-6H3. The van der Waals surface area contributed by atoms with Crippen LogP contribution in [0.3, 0.4) is 0 Å². The minimum absolute atomic E-state index is 0.314. The molecule has 0 aromatic heterocycles. The van der Waals surface area contributed by atoms with Crippen molar-refractivity contribution in [2.45, 2.75) is 48.7 Å². The topological polar surface area (TPSA) is 18.5 Å².